The first-order valence-electron chi connectivity index (χ1n) is 4.67. The number of phenols is 1. The summed E-state index contributed by atoms with van der Waals surface area (Å²) in [6.45, 7) is 2.88. The summed E-state index contributed by atoms with van der Waals surface area (Å²) in [6, 6.07) is 5.22. The average Bonchev–Trinajstić information content (AvgIpc) is 2.19. The highest BCUT2D eigenvalue weighted by Crippen LogP contribution is 2.26. The van der Waals surface area contributed by atoms with E-state index in [0.717, 1.165) is 17.4 Å². The molecule has 0 radical (unpaired) electrons. The summed E-state index contributed by atoms with van der Waals surface area (Å²) in [5, 5.41) is 16.1. The summed E-state index contributed by atoms with van der Waals surface area (Å²) in [4.78, 5) is 0. The van der Waals surface area contributed by atoms with E-state index in [2.05, 4.69) is 33.5 Å². The Kier molecular flexibility index (Phi) is 4.84. The van der Waals surface area contributed by atoms with E-state index in [0.29, 0.717) is 10.8 Å². The van der Waals surface area contributed by atoms with Crippen molar-refractivity contribution in [2.45, 2.75) is 13.3 Å². The topological polar surface area (TPSA) is 44.3 Å². The van der Waals surface area contributed by atoms with Crippen molar-refractivity contribution in [1.29, 1.82) is 0 Å². The van der Waals surface area contributed by atoms with E-state index in [1.165, 1.54) is 0 Å². The maximum Gasteiger partial charge on any atom is 0.170 e. The van der Waals surface area contributed by atoms with Crippen molar-refractivity contribution in [2.75, 3.05) is 11.9 Å². The molecular weight excluding hydrogens is 276 g/mol. The lowest BCUT2D eigenvalue weighted by Crippen LogP contribution is -2.28. The van der Waals surface area contributed by atoms with E-state index in [1.807, 2.05) is 6.07 Å². The van der Waals surface area contributed by atoms with Crippen LogP contribution in [0.15, 0.2) is 22.7 Å². The van der Waals surface area contributed by atoms with Gasteiger partial charge in [0.1, 0.15) is 5.75 Å². The molecule has 0 saturated carbocycles. The van der Waals surface area contributed by atoms with E-state index in [4.69, 9.17) is 12.2 Å². The lowest BCUT2D eigenvalue weighted by molar-refractivity contribution is 0.477. The second-order valence-corrected chi connectivity index (χ2v) is 4.37. The predicted molar refractivity (Wildman–Crippen MR) is 70.3 cm³/mol. The Labute approximate surface area is 103 Å². The molecule has 0 unspecified atom stereocenters. The number of hydrogen-bond acceptors (Lipinski definition) is 2. The van der Waals surface area contributed by atoms with Gasteiger partial charge in [-0.1, -0.05) is 22.9 Å². The molecule has 0 spiro atoms. The maximum absolute atomic E-state index is 9.59. The number of halogens is 1. The van der Waals surface area contributed by atoms with Gasteiger partial charge in [0.15, 0.2) is 5.11 Å². The van der Waals surface area contributed by atoms with Crippen molar-refractivity contribution >= 4 is 38.9 Å². The summed E-state index contributed by atoms with van der Waals surface area (Å²) in [5.41, 5.74) is 0.604. The summed E-state index contributed by atoms with van der Waals surface area (Å²) < 4.78 is 0.831. The molecule has 5 heteroatoms. The van der Waals surface area contributed by atoms with Crippen LogP contribution in [-0.4, -0.2) is 16.8 Å². The first-order chi connectivity index (χ1) is 7.13. The van der Waals surface area contributed by atoms with Crippen LogP contribution in [0.4, 0.5) is 5.69 Å². The minimum Gasteiger partial charge on any atom is -0.506 e. The Morgan fingerprint density at radius 2 is 2.27 bits per heavy atom. The highest BCUT2D eigenvalue weighted by atomic mass is 79.9. The first kappa shape index (κ1) is 12.3. The van der Waals surface area contributed by atoms with Crippen LogP contribution in [0.2, 0.25) is 0 Å². The highest BCUT2D eigenvalue weighted by molar-refractivity contribution is 9.10. The number of anilines is 1. The van der Waals surface area contributed by atoms with Crippen LogP contribution in [0.5, 0.6) is 5.75 Å². The van der Waals surface area contributed by atoms with E-state index in [-0.39, 0.29) is 5.75 Å². The van der Waals surface area contributed by atoms with Crippen molar-refractivity contribution in [1.82, 2.24) is 5.32 Å². The van der Waals surface area contributed by atoms with Crippen molar-refractivity contribution in [2.24, 2.45) is 0 Å². The first-order valence-corrected chi connectivity index (χ1v) is 5.87. The molecule has 0 aromatic heterocycles. The minimum atomic E-state index is 0.171. The molecule has 1 rings (SSSR count). The highest BCUT2D eigenvalue weighted by Gasteiger charge is 2.02. The zero-order valence-corrected chi connectivity index (χ0v) is 10.8. The third-order valence-corrected chi connectivity index (χ3v) is 2.48. The number of aromatic hydroxyl groups is 1. The van der Waals surface area contributed by atoms with Gasteiger partial charge >= 0.3 is 0 Å². The van der Waals surface area contributed by atoms with Gasteiger partial charge < -0.3 is 15.7 Å². The van der Waals surface area contributed by atoms with Crippen LogP contribution in [0, 0.1) is 0 Å². The van der Waals surface area contributed by atoms with Crippen LogP contribution >= 0.6 is 28.1 Å². The number of benzene rings is 1. The number of nitrogens with one attached hydrogen (secondary N) is 2. The summed E-state index contributed by atoms with van der Waals surface area (Å²) >= 11 is 8.32. The van der Waals surface area contributed by atoms with Gasteiger partial charge in [-0.05, 0) is 36.8 Å². The second-order valence-electron chi connectivity index (χ2n) is 3.04. The van der Waals surface area contributed by atoms with Gasteiger partial charge in [0, 0.05) is 11.0 Å². The normalized spacial score (nSPS) is 9.73. The molecule has 0 saturated heterocycles. The lowest BCUT2D eigenvalue weighted by Gasteiger charge is -2.10. The zero-order valence-electron chi connectivity index (χ0n) is 8.38. The molecule has 0 aliphatic heterocycles. The van der Waals surface area contributed by atoms with Gasteiger partial charge in [-0.2, -0.15) is 0 Å². The molecule has 0 bridgehead atoms. The van der Waals surface area contributed by atoms with Gasteiger partial charge in [0.2, 0.25) is 0 Å². The van der Waals surface area contributed by atoms with Crippen LogP contribution in [0.3, 0.4) is 0 Å². The number of rotatable bonds is 3. The fraction of sp³-hybridized carbons (Fsp3) is 0.300. The van der Waals surface area contributed by atoms with Crippen molar-refractivity contribution < 1.29 is 5.11 Å². The van der Waals surface area contributed by atoms with Crippen molar-refractivity contribution in [3.8, 4) is 5.75 Å². The second kappa shape index (κ2) is 5.92. The fourth-order valence-electron chi connectivity index (χ4n) is 1.02. The standard InChI is InChI=1S/C10H13BrN2OS/c1-2-5-12-10(15)13-8-4-3-7(11)6-9(8)14/h3-4,6,14H,2,5H2,1H3,(H2,12,13,15). The zero-order chi connectivity index (χ0) is 11.3. The summed E-state index contributed by atoms with van der Waals surface area (Å²) in [6.07, 6.45) is 1.01. The van der Waals surface area contributed by atoms with Crippen LogP contribution in [-0.2, 0) is 0 Å². The molecule has 0 aliphatic carbocycles. The van der Waals surface area contributed by atoms with Crippen molar-refractivity contribution in [3.63, 3.8) is 0 Å². The molecule has 1 aromatic rings. The average molecular weight is 289 g/mol. The van der Waals surface area contributed by atoms with Gasteiger partial charge in [-0.25, -0.2) is 0 Å². The monoisotopic (exact) mass is 288 g/mol. The quantitative estimate of drug-likeness (QED) is 0.591. The lowest BCUT2D eigenvalue weighted by atomic mass is 10.3. The Hall–Kier alpha value is -0.810. The van der Waals surface area contributed by atoms with E-state index < -0.39 is 0 Å². The smallest absolute Gasteiger partial charge is 0.170 e. The third kappa shape index (κ3) is 4.05. The van der Waals surface area contributed by atoms with Crippen LogP contribution in [0.1, 0.15) is 13.3 Å². The Bertz CT molecular complexity index is 357. The maximum atomic E-state index is 9.59. The molecule has 0 atom stereocenters. The predicted octanol–water partition coefficient (Wildman–Crippen LogP) is 2.85. The van der Waals surface area contributed by atoms with Crippen molar-refractivity contribution in [3.05, 3.63) is 22.7 Å². The molecule has 3 N–H and O–H groups in total. The molecule has 0 heterocycles. The largest absolute Gasteiger partial charge is 0.506 e. The summed E-state index contributed by atoms with van der Waals surface area (Å²) in [7, 11) is 0. The van der Waals surface area contributed by atoms with E-state index >= 15 is 0 Å². The van der Waals surface area contributed by atoms with Gasteiger partial charge in [-0.3, -0.25) is 0 Å². The Balaban J connectivity index is 2.60. The molecule has 0 aliphatic rings. The molecule has 15 heavy (non-hydrogen) atoms. The fourth-order valence-corrected chi connectivity index (χ4v) is 1.58. The Morgan fingerprint density at radius 1 is 1.53 bits per heavy atom. The summed E-state index contributed by atoms with van der Waals surface area (Å²) in [5.74, 6) is 0.171. The Morgan fingerprint density at radius 3 is 2.87 bits per heavy atom. The van der Waals surface area contributed by atoms with Gasteiger partial charge in [-0.15, -0.1) is 0 Å². The molecule has 82 valence electrons. The van der Waals surface area contributed by atoms with E-state index in [9.17, 15) is 5.11 Å². The van der Waals surface area contributed by atoms with Crippen LogP contribution in [0.25, 0.3) is 0 Å². The molecule has 1 aromatic carbocycles. The minimum absolute atomic E-state index is 0.171. The van der Waals surface area contributed by atoms with Gasteiger partial charge in [0.05, 0.1) is 5.69 Å². The van der Waals surface area contributed by atoms with E-state index in [1.54, 1.807) is 12.1 Å². The number of thiocarbonyl (C=S) groups is 1. The van der Waals surface area contributed by atoms with Gasteiger partial charge in [0.25, 0.3) is 0 Å². The van der Waals surface area contributed by atoms with Crippen LogP contribution < -0.4 is 10.6 Å². The molecule has 0 amide bonds. The number of hydrogen-bond donors (Lipinski definition) is 3. The molecule has 3 nitrogen and oxygen atoms in total. The molecular formula is C10H13BrN2OS. The SMILES string of the molecule is CCCNC(=S)Nc1ccc(Br)cc1O. The third-order valence-electron chi connectivity index (χ3n) is 1.74. The molecule has 0 fully saturated rings. The number of phenolic OH excluding ortho intramolecular Hbond substituents is 1.